The lowest BCUT2D eigenvalue weighted by Gasteiger charge is -2.37. The lowest BCUT2D eigenvalue weighted by Crippen LogP contribution is -2.46. The Morgan fingerprint density at radius 2 is 1.14 bits per heavy atom. The zero-order valence-electron chi connectivity index (χ0n) is 32.2. The van der Waals surface area contributed by atoms with Crippen LogP contribution in [0, 0.1) is 0 Å². The number of carbonyl (C=O) groups excluding carboxylic acids is 2. The molecular weight excluding hydrogens is 775 g/mol. The van der Waals surface area contributed by atoms with Crippen LogP contribution in [0.1, 0.15) is 52.1 Å². The van der Waals surface area contributed by atoms with Gasteiger partial charge in [0.1, 0.15) is 0 Å². The van der Waals surface area contributed by atoms with Crippen LogP contribution in [0.15, 0.2) is 156 Å². The minimum Gasteiger partial charge on any atom is -0.481 e. The maximum atomic E-state index is 13.7. The summed E-state index contributed by atoms with van der Waals surface area (Å²) in [6, 6.07) is 43.8. The van der Waals surface area contributed by atoms with E-state index in [-0.39, 0.29) is 38.9 Å². The number of hydrogen-bond acceptors (Lipinski definition) is 8. The van der Waals surface area contributed by atoms with Crippen molar-refractivity contribution in [1.82, 2.24) is 10.6 Å². The van der Waals surface area contributed by atoms with E-state index in [9.17, 15) is 19.5 Å². The molecule has 6 rings (SSSR count). The average Bonchev–Trinajstić information content (AvgIpc) is 3.24. The molecule has 3 N–H and O–H groups in total. The third kappa shape index (κ3) is 9.19. The van der Waals surface area contributed by atoms with Crippen molar-refractivity contribution in [2.24, 2.45) is 0 Å². The SMILES string of the molecule is COC(=O)C1=C(CCc2ccccc2COCCNC(c2ccccc2)(c2ccccc2)c2ccccc2)NC(CC(=O)O)=C(C(=O)OC)C1c1c(Cl)cccc1Cl. The number of carboxylic acid groups (broad SMARTS) is 1. The standard InChI is InChI=1S/C47H44Cl2N2O7/c1-56-45(54)42-38(51-39(29-40(52)53)43(46(55)57-2)44(42)41-36(48)23-14-24-37(41)49)26-25-31-15-12-13-16-32(31)30-58-28-27-50-47(33-17-6-3-7-18-33,34-19-8-4-9-20-34)35-21-10-5-11-22-35/h3-24,44,50-51H,25-30H2,1-2H3,(H,52,53). The summed E-state index contributed by atoms with van der Waals surface area (Å²) in [6.07, 6.45) is 0.114. The van der Waals surface area contributed by atoms with Crippen molar-refractivity contribution in [2.75, 3.05) is 27.4 Å². The van der Waals surface area contributed by atoms with Crippen molar-refractivity contribution in [2.45, 2.75) is 37.3 Å². The molecule has 1 aliphatic rings. The predicted molar refractivity (Wildman–Crippen MR) is 224 cm³/mol. The Morgan fingerprint density at radius 1 is 0.655 bits per heavy atom. The minimum absolute atomic E-state index is 0.0599. The number of esters is 2. The summed E-state index contributed by atoms with van der Waals surface area (Å²) in [5.41, 5.74) is 5.25. The van der Waals surface area contributed by atoms with Gasteiger partial charge in [0.2, 0.25) is 0 Å². The molecule has 9 nitrogen and oxygen atoms in total. The van der Waals surface area contributed by atoms with Gasteiger partial charge in [-0.05, 0) is 52.8 Å². The fraction of sp³-hybridized carbons (Fsp3) is 0.213. The summed E-state index contributed by atoms with van der Waals surface area (Å²) in [6.45, 7) is 1.26. The first kappa shape index (κ1) is 41.9. The van der Waals surface area contributed by atoms with Gasteiger partial charge >= 0.3 is 17.9 Å². The molecule has 0 aliphatic carbocycles. The highest BCUT2D eigenvalue weighted by molar-refractivity contribution is 6.36. The van der Waals surface area contributed by atoms with E-state index in [1.807, 2.05) is 78.9 Å². The van der Waals surface area contributed by atoms with Gasteiger partial charge < -0.3 is 24.6 Å². The number of aliphatic carboxylic acids is 1. The number of nitrogens with one attached hydrogen (secondary N) is 2. The summed E-state index contributed by atoms with van der Waals surface area (Å²) < 4.78 is 16.7. The number of hydrogen-bond donors (Lipinski definition) is 3. The Hall–Kier alpha value is -5.71. The number of ether oxygens (including phenoxy) is 3. The van der Waals surface area contributed by atoms with Crippen LogP contribution < -0.4 is 10.6 Å². The number of dihydropyridines is 1. The van der Waals surface area contributed by atoms with E-state index < -0.39 is 35.8 Å². The fourth-order valence-corrected chi connectivity index (χ4v) is 8.26. The van der Waals surface area contributed by atoms with Gasteiger partial charge in [0.25, 0.3) is 0 Å². The molecule has 5 aromatic carbocycles. The molecule has 1 unspecified atom stereocenters. The van der Waals surface area contributed by atoms with Crippen LogP contribution in [-0.4, -0.2) is 50.4 Å². The molecule has 0 saturated carbocycles. The molecule has 1 atom stereocenters. The normalized spacial score (nSPS) is 14.2. The monoisotopic (exact) mass is 818 g/mol. The summed E-state index contributed by atoms with van der Waals surface area (Å²) >= 11 is 13.4. The summed E-state index contributed by atoms with van der Waals surface area (Å²) in [5, 5.41) is 17.2. The first-order valence-electron chi connectivity index (χ1n) is 18.8. The topological polar surface area (TPSA) is 123 Å². The second-order valence-corrected chi connectivity index (χ2v) is 14.4. The molecule has 0 radical (unpaired) electrons. The van der Waals surface area contributed by atoms with E-state index in [1.54, 1.807) is 18.2 Å². The Morgan fingerprint density at radius 3 is 1.64 bits per heavy atom. The molecular formula is C47H44Cl2N2O7. The van der Waals surface area contributed by atoms with Crippen LogP contribution in [-0.2, 0) is 47.2 Å². The Kier molecular flexibility index (Phi) is 14.2. The van der Waals surface area contributed by atoms with Crippen LogP contribution in [0.25, 0.3) is 0 Å². The lowest BCUT2D eigenvalue weighted by molar-refractivity contribution is -0.137. The fourth-order valence-electron chi connectivity index (χ4n) is 7.64. The molecule has 298 valence electrons. The zero-order chi connectivity index (χ0) is 41.1. The highest BCUT2D eigenvalue weighted by Gasteiger charge is 2.42. The van der Waals surface area contributed by atoms with Crippen LogP contribution in [0.2, 0.25) is 10.0 Å². The van der Waals surface area contributed by atoms with Crippen LogP contribution in [0.5, 0.6) is 0 Å². The molecule has 11 heteroatoms. The van der Waals surface area contributed by atoms with Crippen LogP contribution in [0.3, 0.4) is 0 Å². The van der Waals surface area contributed by atoms with Crippen molar-refractivity contribution in [3.05, 3.63) is 199 Å². The number of methoxy groups -OCH3 is 2. The molecule has 0 fully saturated rings. The van der Waals surface area contributed by atoms with Gasteiger partial charge in [-0.2, -0.15) is 0 Å². The second kappa shape index (κ2) is 19.6. The lowest BCUT2D eigenvalue weighted by atomic mass is 9.77. The largest absolute Gasteiger partial charge is 0.481 e. The number of carbonyl (C=O) groups is 3. The molecule has 1 aliphatic heterocycles. The van der Waals surface area contributed by atoms with Gasteiger partial charge in [-0.3, -0.25) is 10.1 Å². The van der Waals surface area contributed by atoms with Gasteiger partial charge in [0, 0.05) is 33.5 Å². The number of allylic oxidation sites excluding steroid dienone is 1. The van der Waals surface area contributed by atoms with E-state index in [4.69, 9.17) is 37.4 Å². The first-order valence-corrected chi connectivity index (χ1v) is 19.6. The number of benzene rings is 5. The van der Waals surface area contributed by atoms with Crippen molar-refractivity contribution in [3.8, 4) is 0 Å². The Labute approximate surface area is 348 Å². The summed E-state index contributed by atoms with van der Waals surface area (Å²) in [4.78, 5) is 39.2. The van der Waals surface area contributed by atoms with Crippen molar-refractivity contribution < 1.29 is 33.7 Å². The van der Waals surface area contributed by atoms with Crippen LogP contribution >= 0.6 is 23.2 Å². The summed E-state index contributed by atoms with van der Waals surface area (Å²) in [5.74, 6) is -3.94. The molecule has 0 amide bonds. The van der Waals surface area contributed by atoms with Gasteiger partial charge in [0.15, 0.2) is 0 Å². The first-order chi connectivity index (χ1) is 28.2. The Bertz CT molecular complexity index is 2180. The number of aryl methyl sites for hydroxylation is 1. The molecule has 0 aromatic heterocycles. The van der Waals surface area contributed by atoms with E-state index in [0.29, 0.717) is 31.9 Å². The molecule has 5 aromatic rings. The van der Waals surface area contributed by atoms with Gasteiger partial charge in [0.05, 0.1) is 56.5 Å². The number of carboxylic acids is 1. The quantitative estimate of drug-likeness (QED) is 0.0480. The van der Waals surface area contributed by atoms with Crippen molar-refractivity contribution in [1.29, 1.82) is 0 Å². The van der Waals surface area contributed by atoms with Crippen molar-refractivity contribution >= 4 is 41.1 Å². The summed E-state index contributed by atoms with van der Waals surface area (Å²) in [7, 11) is 2.41. The third-order valence-corrected chi connectivity index (χ3v) is 10.9. The van der Waals surface area contributed by atoms with E-state index in [0.717, 1.165) is 27.8 Å². The number of rotatable bonds is 17. The predicted octanol–water partition coefficient (Wildman–Crippen LogP) is 8.74. The van der Waals surface area contributed by atoms with Crippen molar-refractivity contribution in [3.63, 3.8) is 0 Å². The highest BCUT2D eigenvalue weighted by atomic mass is 35.5. The zero-order valence-corrected chi connectivity index (χ0v) is 33.7. The maximum Gasteiger partial charge on any atom is 0.336 e. The van der Waals surface area contributed by atoms with Crippen LogP contribution in [0.4, 0.5) is 0 Å². The average molecular weight is 820 g/mol. The smallest absolute Gasteiger partial charge is 0.336 e. The van der Waals surface area contributed by atoms with Gasteiger partial charge in [-0.1, -0.05) is 145 Å². The molecule has 0 bridgehead atoms. The molecule has 58 heavy (non-hydrogen) atoms. The third-order valence-electron chi connectivity index (χ3n) is 10.2. The maximum absolute atomic E-state index is 13.7. The van der Waals surface area contributed by atoms with Gasteiger partial charge in [-0.15, -0.1) is 0 Å². The minimum atomic E-state index is -1.20. The second-order valence-electron chi connectivity index (χ2n) is 13.6. The molecule has 1 heterocycles. The number of halogens is 2. The van der Waals surface area contributed by atoms with E-state index in [2.05, 4.69) is 47.0 Å². The van der Waals surface area contributed by atoms with E-state index >= 15 is 0 Å². The highest BCUT2D eigenvalue weighted by Crippen LogP contribution is 2.46. The Balaban J connectivity index is 1.25. The molecule has 0 spiro atoms. The van der Waals surface area contributed by atoms with Gasteiger partial charge in [-0.25, -0.2) is 9.59 Å². The van der Waals surface area contributed by atoms with E-state index in [1.165, 1.54) is 14.2 Å². The molecule has 0 saturated heterocycles.